The number of rotatable bonds is 14. The zero-order valence-corrected chi connectivity index (χ0v) is 16.9. The molecular weight excluding hydrogens is 319 g/mol. The second-order valence-electron chi connectivity index (χ2n) is 5.65. The zero-order valence-electron chi connectivity index (χ0n) is 14.4. The van der Waals surface area contributed by atoms with E-state index in [1.165, 1.54) is 25.7 Å². The van der Waals surface area contributed by atoms with Crippen LogP contribution in [0.4, 0.5) is 0 Å². The largest absolute Gasteiger partial charge is 4.00 e. The standard InChI is InChI=1S/C16H34O3P.Ti/c1-5-9-11-15(7-3)13-18-20(17)19-14-16(8-4)12-10-6-2;/h15-16H,5-14H2,1-4H3;/q+1;+4. The van der Waals surface area contributed by atoms with Crippen LogP contribution >= 0.6 is 8.25 Å². The van der Waals surface area contributed by atoms with Crippen LogP contribution in [0.2, 0.25) is 0 Å². The second kappa shape index (κ2) is 17.1. The van der Waals surface area contributed by atoms with E-state index in [1.807, 2.05) is 0 Å². The van der Waals surface area contributed by atoms with Crippen LogP contribution < -0.4 is 0 Å². The number of hydrogen-bond donors (Lipinski definition) is 0. The molecule has 0 saturated heterocycles. The summed E-state index contributed by atoms with van der Waals surface area (Å²) < 4.78 is 22.5. The minimum absolute atomic E-state index is 0. The van der Waals surface area contributed by atoms with Crippen molar-refractivity contribution >= 4 is 8.25 Å². The van der Waals surface area contributed by atoms with Gasteiger partial charge in [0, 0.05) is 4.57 Å². The SMILES string of the molecule is CCCCC(CC)CO[P+](=O)OCC(CC)CCCC.[Ti+4]. The second-order valence-corrected chi connectivity index (χ2v) is 6.61. The van der Waals surface area contributed by atoms with E-state index in [2.05, 4.69) is 27.7 Å². The van der Waals surface area contributed by atoms with Gasteiger partial charge in [-0.15, -0.1) is 9.05 Å². The summed E-state index contributed by atoms with van der Waals surface area (Å²) in [7, 11) is -1.94. The quantitative estimate of drug-likeness (QED) is 0.279. The molecule has 21 heavy (non-hydrogen) atoms. The summed E-state index contributed by atoms with van der Waals surface area (Å²) in [5.74, 6) is 1.03. The van der Waals surface area contributed by atoms with Gasteiger partial charge in [0.1, 0.15) is 13.2 Å². The van der Waals surface area contributed by atoms with E-state index in [0.29, 0.717) is 25.0 Å². The first-order chi connectivity index (χ1) is 9.67. The van der Waals surface area contributed by atoms with Gasteiger partial charge in [0.05, 0.1) is 0 Å². The Morgan fingerprint density at radius 2 is 1.19 bits per heavy atom. The maximum absolute atomic E-state index is 11.7. The van der Waals surface area contributed by atoms with Gasteiger partial charge < -0.3 is 0 Å². The van der Waals surface area contributed by atoms with Crippen molar-refractivity contribution in [3.8, 4) is 0 Å². The Kier molecular flexibility index (Phi) is 19.5. The minimum atomic E-state index is -1.94. The summed E-state index contributed by atoms with van der Waals surface area (Å²) >= 11 is 0. The normalized spacial score (nSPS) is 14.4. The molecule has 0 rings (SSSR count). The monoisotopic (exact) mass is 353 g/mol. The first-order valence-corrected chi connectivity index (χ1v) is 9.50. The van der Waals surface area contributed by atoms with Gasteiger partial charge in [0.25, 0.3) is 0 Å². The molecule has 0 aliphatic rings. The fourth-order valence-electron chi connectivity index (χ4n) is 2.17. The average molecular weight is 353 g/mol. The van der Waals surface area contributed by atoms with Crippen molar-refractivity contribution in [3.63, 3.8) is 0 Å². The molecule has 0 aromatic carbocycles. The predicted molar refractivity (Wildman–Crippen MR) is 86.1 cm³/mol. The van der Waals surface area contributed by atoms with Gasteiger partial charge in [0.2, 0.25) is 0 Å². The van der Waals surface area contributed by atoms with E-state index < -0.39 is 8.25 Å². The average Bonchev–Trinajstić information content (AvgIpc) is 2.47. The van der Waals surface area contributed by atoms with Crippen LogP contribution in [0, 0.1) is 11.8 Å². The molecule has 2 unspecified atom stereocenters. The molecule has 5 heteroatoms. The summed E-state index contributed by atoms with van der Waals surface area (Å²) in [5, 5.41) is 0. The van der Waals surface area contributed by atoms with E-state index in [-0.39, 0.29) is 21.7 Å². The number of hydrogen-bond acceptors (Lipinski definition) is 3. The maximum Gasteiger partial charge on any atom is 4.00 e. The Labute approximate surface area is 147 Å². The first kappa shape index (κ1) is 24.0. The Morgan fingerprint density at radius 1 is 0.810 bits per heavy atom. The van der Waals surface area contributed by atoms with Crippen LogP contribution in [-0.4, -0.2) is 13.2 Å². The van der Waals surface area contributed by atoms with Crippen LogP contribution in [0.3, 0.4) is 0 Å². The van der Waals surface area contributed by atoms with Gasteiger partial charge >= 0.3 is 30.0 Å². The molecule has 0 amide bonds. The van der Waals surface area contributed by atoms with Gasteiger partial charge in [0.15, 0.2) is 0 Å². The smallest absolute Gasteiger partial charge is 0.119 e. The molecule has 0 spiro atoms. The summed E-state index contributed by atoms with van der Waals surface area (Å²) in [6, 6.07) is 0. The minimum Gasteiger partial charge on any atom is -0.119 e. The van der Waals surface area contributed by atoms with Crippen LogP contribution in [0.25, 0.3) is 0 Å². The van der Waals surface area contributed by atoms with Gasteiger partial charge in [-0.3, -0.25) is 0 Å². The van der Waals surface area contributed by atoms with Gasteiger partial charge in [-0.05, 0) is 24.7 Å². The fourth-order valence-corrected chi connectivity index (χ4v) is 2.91. The maximum atomic E-state index is 11.7. The van der Waals surface area contributed by atoms with Crippen molar-refractivity contribution < 1.29 is 35.3 Å². The molecule has 0 fully saturated rings. The van der Waals surface area contributed by atoms with E-state index >= 15 is 0 Å². The molecule has 0 aromatic heterocycles. The van der Waals surface area contributed by atoms with Crippen molar-refractivity contribution in [2.45, 2.75) is 79.1 Å². The Hall–Kier alpha value is 0.734. The van der Waals surface area contributed by atoms with Crippen molar-refractivity contribution in [1.29, 1.82) is 0 Å². The molecule has 0 radical (unpaired) electrons. The molecule has 2 atom stereocenters. The predicted octanol–water partition coefficient (Wildman–Crippen LogP) is 6.11. The first-order valence-electron chi connectivity index (χ1n) is 8.40. The van der Waals surface area contributed by atoms with Crippen molar-refractivity contribution in [3.05, 3.63) is 0 Å². The molecule has 3 nitrogen and oxygen atoms in total. The van der Waals surface area contributed by atoms with Gasteiger partial charge in [-0.25, -0.2) is 0 Å². The molecule has 0 aromatic rings. The summed E-state index contributed by atoms with van der Waals surface area (Å²) in [6.45, 7) is 9.84. The topological polar surface area (TPSA) is 35.5 Å². The Balaban J connectivity index is 0. The summed E-state index contributed by atoms with van der Waals surface area (Å²) in [4.78, 5) is 0. The zero-order chi connectivity index (χ0) is 15.2. The van der Waals surface area contributed by atoms with Gasteiger partial charge in [-0.1, -0.05) is 66.2 Å². The molecular formula is C16H34O3PTi+5. The number of unbranched alkanes of at least 4 members (excludes halogenated alkanes) is 2. The van der Waals surface area contributed by atoms with Crippen LogP contribution in [-0.2, 0) is 35.3 Å². The van der Waals surface area contributed by atoms with E-state index in [4.69, 9.17) is 9.05 Å². The molecule has 0 aliphatic heterocycles. The third kappa shape index (κ3) is 14.1. The molecule has 120 valence electrons. The van der Waals surface area contributed by atoms with Crippen LogP contribution in [0.1, 0.15) is 79.1 Å². The third-order valence-corrected chi connectivity index (χ3v) is 4.64. The van der Waals surface area contributed by atoms with Gasteiger partial charge in [-0.2, -0.15) is 0 Å². The summed E-state index contributed by atoms with van der Waals surface area (Å²) in [6.07, 6.45) is 9.31. The third-order valence-electron chi connectivity index (χ3n) is 3.92. The van der Waals surface area contributed by atoms with E-state index in [9.17, 15) is 4.57 Å². The fraction of sp³-hybridized carbons (Fsp3) is 1.00. The molecule has 0 N–H and O–H groups in total. The molecule has 0 bridgehead atoms. The van der Waals surface area contributed by atoms with E-state index in [0.717, 1.165) is 25.7 Å². The summed E-state index contributed by atoms with van der Waals surface area (Å²) in [5.41, 5.74) is 0. The van der Waals surface area contributed by atoms with Crippen molar-refractivity contribution in [2.75, 3.05) is 13.2 Å². The van der Waals surface area contributed by atoms with Crippen molar-refractivity contribution in [2.24, 2.45) is 11.8 Å². The van der Waals surface area contributed by atoms with Crippen LogP contribution in [0.5, 0.6) is 0 Å². The Morgan fingerprint density at radius 3 is 1.48 bits per heavy atom. The van der Waals surface area contributed by atoms with E-state index in [1.54, 1.807) is 0 Å². The molecule has 0 saturated carbocycles. The van der Waals surface area contributed by atoms with Crippen LogP contribution in [0.15, 0.2) is 0 Å². The molecule has 0 aliphatic carbocycles. The van der Waals surface area contributed by atoms with Crippen molar-refractivity contribution in [1.82, 2.24) is 0 Å². The molecule has 0 heterocycles. The Bertz CT molecular complexity index is 218.